The molecule has 0 radical (unpaired) electrons. The van der Waals surface area contributed by atoms with E-state index in [1.165, 1.54) is 30.8 Å². The number of nitrogens with zero attached hydrogens (tertiary/aromatic N) is 4. The third-order valence-corrected chi connectivity index (χ3v) is 11.7. The molecule has 1 aliphatic rings. The van der Waals surface area contributed by atoms with Crippen LogP contribution in [0, 0.1) is 29.6 Å². The van der Waals surface area contributed by atoms with Crippen LogP contribution in [0.25, 0.3) is 29.2 Å². The van der Waals surface area contributed by atoms with Crippen LogP contribution in [-0.2, 0) is 38.1 Å². The van der Waals surface area contributed by atoms with Crippen molar-refractivity contribution in [2.45, 2.75) is 123 Å². The fraction of sp³-hybridized carbons (Fsp3) is 0.622. The average molecular weight is 853 g/mol. The van der Waals surface area contributed by atoms with E-state index in [0.29, 0.717) is 67.9 Å². The molecule has 1 aliphatic heterocycles. The van der Waals surface area contributed by atoms with E-state index in [1.807, 2.05) is 39.8 Å². The number of ketones is 2. The molecule has 0 aliphatic carbocycles. The van der Waals surface area contributed by atoms with Crippen LogP contribution in [0.3, 0.4) is 0 Å². The zero-order valence-electron chi connectivity index (χ0n) is 37.0. The lowest BCUT2D eigenvalue weighted by atomic mass is 9.85. The minimum atomic E-state index is -1.01. The van der Waals surface area contributed by atoms with Gasteiger partial charge in [-0.1, -0.05) is 46.8 Å². The highest BCUT2D eigenvalue weighted by molar-refractivity contribution is 5.81. The Balaban J connectivity index is 1.47. The fourth-order valence-electron chi connectivity index (χ4n) is 7.66. The van der Waals surface area contributed by atoms with E-state index in [1.54, 1.807) is 40.5 Å². The van der Waals surface area contributed by atoms with E-state index in [2.05, 4.69) is 15.0 Å². The molecule has 1 N–H and O–H groups in total. The number of hydrogen-bond donors (Lipinski definition) is 1. The van der Waals surface area contributed by atoms with E-state index in [0.717, 1.165) is 0 Å². The monoisotopic (exact) mass is 852 g/mol. The number of carbonyl (C=O) groups is 4. The van der Waals surface area contributed by atoms with Crippen LogP contribution in [0.2, 0.25) is 0 Å². The summed E-state index contributed by atoms with van der Waals surface area (Å²) in [5.74, 6) is -1.10. The van der Waals surface area contributed by atoms with Gasteiger partial charge in [0, 0.05) is 71.6 Å². The average Bonchev–Trinajstić information content (AvgIpc) is 4.04. The minimum absolute atomic E-state index is 0.0555. The Morgan fingerprint density at radius 2 is 1.69 bits per heavy atom. The number of carbonyl (C=O) groups excluding carboxylic acids is 4. The molecule has 0 saturated carbocycles. The second-order valence-corrected chi connectivity index (χ2v) is 16.3. The molecule has 4 rings (SSSR count). The highest BCUT2D eigenvalue weighted by atomic mass is 16.5. The van der Waals surface area contributed by atoms with Gasteiger partial charge in [0.1, 0.15) is 48.3 Å². The van der Waals surface area contributed by atoms with E-state index in [9.17, 15) is 24.3 Å². The fourth-order valence-corrected chi connectivity index (χ4v) is 7.66. The number of hydrogen-bond acceptors (Lipinski definition) is 15. The zero-order valence-corrected chi connectivity index (χ0v) is 37.0. The van der Waals surface area contributed by atoms with Gasteiger partial charge in [0.05, 0.1) is 24.7 Å². The van der Waals surface area contributed by atoms with Crippen LogP contribution < -0.4 is 0 Å². The predicted molar refractivity (Wildman–Crippen MR) is 224 cm³/mol. The largest absolute Gasteiger partial charge is 0.462 e. The second-order valence-electron chi connectivity index (χ2n) is 16.3. The van der Waals surface area contributed by atoms with E-state index < -0.39 is 30.2 Å². The molecule has 4 heterocycles. The molecule has 0 saturated heterocycles. The molecule has 1 amide bonds. The van der Waals surface area contributed by atoms with Crippen molar-refractivity contribution in [2.75, 3.05) is 28.4 Å². The Morgan fingerprint density at radius 3 is 2.39 bits per heavy atom. The van der Waals surface area contributed by atoms with Gasteiger partial charge < -0.3 is 42.2 Å². The Labute approximate surface area is 358 Å². The summed E-state index contributed by atoms with van der Waals surface area (Å²) in [5, 5.41) is 10.9. The van der Waals surface area contributed by atoms with Crippen LogP contribution >= 0.6 is 0 Å². The Kier molecular flexibility index (Phi) is 19.3. The molecule has 0 unspecified atom stereocenters. The number of aliphatic hydroxyl groups is 1. The summed E-state index contributed by atoms with van der Waals surface area (Å²) < 4.78 is 40.4. The van der Waals surface area contributed by atoms with Crippen LogP contribution in [0.5, 0.6) is 0 Å². The van der Waals surface area contributed by atoms with Crippen molar-refractivity contribution in [3.8, 4) is 23.2 Å². The van der Waals surface area contributed by atoms with Gasteiger partial charge in [-0.05, 0) is 50.0 Å². The number of methoxy groups -OCH3 is 3. The zero-order chi connectivity index (χ0) is 44.6. The summed E-state index contributed by atoms with van der Waals surface area (Å²) in [6, 6.07) is 0. The summed E-state index contributed by atoms with van der Waals surface area (Å²) in [4.78, 5) is 66.0. The van der Waals surface area contributed by atoms with Crippen molar-refractivity contribution < 1.29 is 56.5 Å². The van der Waals surface area contributed by atoms with Crippen LogP contribution in [-0.4, -0.2) is 102 Å². The Bertz CT molecular complexity index is 1900. The maximum atomic E-state index is 13.4. The Hall–Kier alpha value is -4.77. The van der Waals surface area contributed by atoms with Crippen LogP contribution in [0.1, 0.15) is 110 Å². The molecule has 336 valence electrons. The maximum absolute atomic E-state index is 13.4. The van der Waals surface area contributed by atoms with Crippen molar-refractivity contribution in [1.29, 1.82) is 0 Å². The van der Waals surface area contributed by atoms with Crippen molar-refractivity contribution >= 4 is 30.0 Å². The van der Waals surface area contributed by atoms with Gasteiger partial charge in [-0.15, -0.1) is 0 Å². The van der Waals surface area contributed by atoms with Crippen molar-refractivity contribution in [3.63, 3.8) is 0 Å². The summed E-state index contributed by atoms with van der Waals surface area (Å²) >= 11 is 0. The van der Waals surface area contributed by atoms with Crippen molar-refractivity contribution in [2.24, 2.45) is 29.6 Å². The van der Waals surface area contributed by atoms with Gasteiger partial charge in [0.25, 0.3) is 0 Å². The van der Waals surface area contributed by atoms with E-state index in [-0.39, 0.29) is 78.5 Å². The first kappa shape index (κ1) is 48.9. The van der Waals surface area contributed by atoms with Gasteiger partial charge in [0.15, 0.2) is 11.4 Å². The summed E-state index contributed by atoms with van der Waals surface area (Å²) in [6.07, 6.45) is 12.2. The number of rotatable bonds is 15. The predicted octanol–water partition coefficient (Wildman–Crippen LogP) is 7.43. The smallest absolute Gasteiger partial charge is 0.308 e. The molecule has 10 atom stereocenters. The first-order valence-electron chi connectivity index (χ1n) is 21.1. The Morgan fingerprint density at radius 1 is 0.984 bits per heavy atom. The normalized spacial score (nSPS) is 23.6. The van der Waals surface area contributed by atoms with Gasteiger partial charge in [-0.3, -0.25) is 19.2 Å². The highest BCUT2D eigenvalue weighted by Gasteiger charge is 2.32. The van der Waals surface area contributed by atoms with E-state index in [4.69, 9.17) is 32.2 Å². The molecule has 16 heteroatoms. The number of aliphatic hydroxyl groups excluding tert-OH is 1. The summed E-state index contributed by atoms with van der Waals surface area (Å²) in [7, 11) is 6.32. The number of Topliss-reactive ketones (excluding diaryl/α,β-unsaturated/α-hetero) is 2. The summed E-state index contributed by atoms with van der Waals surface area (Å²) in [5.41, 5.74) is 1.12. The quantitative estimate of drug-likeness (QED) is 0.117. The maximum Gasteiger partial charge on any atom is 0.308 e. The van der Waals surface area contributed by atoms with Gasteiger partial charge in [-0.25, -0.2) is 15.0 Å². The van der Waals surface area contributed by atoms with Crippen molar-refractivity contribution in [3.05, 3.63) is 48.7 Å². The number of aromatic nitrogens is 3. The van der Waals surface area contributed by atoms with Crippen molar-refractivity contribution in [1.82, 2.24) is 19.9 Å². The standard InChI is InChI=1S/C45H64N4O12/c1-27-13-10-11-16-40-46-34(24-58-40)44-48-35(25-60-44)45-47-33(23-59-45)43(57-9)31(5)36(52)15-12-14-32(51)21-41(54)61-39(27)22-38(55-7)28(2)17-18-37(53)30(4)42(56-8)29(3)19-20-49(6)26-50/h11,16,19-20,23-32,38-39,42-43,51H,10,12-15,17-18,21-22H2,1-9H3/t27-,28-,29+,30+,31-,32+,38-,39-,42-,43-/m1/s1. The first-order valence-corrected chi connectivity index (χ1v) is 21.1. The lowest BCUT2D eigenvalue weighted by Crippen LogP contribution is -2.35. The molecule has 6 bridgehead atoms. The molecule has 61 heavy (non-hydrogen) atoms. The number of esters is 1. The number of amides is 1. The van der Waals surface area contributed by atoms with Crippen LogP contribution in [0.4, 0.5) is 0 Å². The lowest BCUT2D eigenvalue weighted by molar-refractivity contribution is -0.156. The minimum Gasteiger partial charge on any atom is -0.462 e. The second kappa shape index (κ2) is 24.0. The highest BCUT2D eigenvalue weighted by Crippen LogP contribution is 2.32. The van der Waals surface area contributed by atoms with Gasteiger partial charge in [-0.2, -0.15) is 0 Å². The number of oxazole rings is 3. The van der Waals surface area contributed by atoms with Crippen LogP contribution in [0.15, 0.2) is 50.4 Å². The SMILES string of the molecule is CO[C@H]([C@@H](C)C=CN(C)C=O)[C@@H](C)C(=O)CC[C@@H](C)[C@@H](C[C@H]1OC(=O)C[C@@H](O)CCCC(=O)[C@@H](C)[C@@H](OC)c2coc(n2)-c2coc(n2)-c2coc(n2)C=CCC[C@H]1C)OC. The molecular formula is C45H64N4O12. The van der Waals surface area contributed by atoms with E-state index >= 15 is 0 Å². The number of allylic oxidation sites excluding steroid dienone is 1. The lowest BCUT2D eigenvalue weighted by Gasteiger charge is -2.31. The number of ether oxygens (including phenoxy) is 4. The third kappa shape index (κ3) is 14.1. The number of cyclic esters (lactones) is 1. The molecule has 16 nitrogen and oxygen atoms in total. The molecular weight excluding hydrogens is 789 g/mol. The van der Waals surface area contributed by atoms with Gasteiger partial charge in [0.2, 0.25) is 24.1 Å². The molecule has 3 aromatic rings. The third-order valence-electron chi connectivity index (χ3n) is 11.7. The molecule has 0 aromatic carbocycles. The topological polar surface area (TPSA) is 207 Å². The van der Waals surface area contributed by atoms with Gasteiger partial charge >= 0.3 is 5.97 Å². The molecule has 0 spiro atoms. The summed E-state index contributed by atoms with van der Waals surface area (Å²) in [6.45, 7) is 9.58. The first-order chi connectivity index (χ1) is 29.2. The number of fused-ring (bicyclic) bond motifs is 8. The molecule has 0 fully saturated rings. The molecule has 3 aromatic heterocycles.